The predicted molar refractivity (Wildman–Crippen MR) is 186 cm³/mol. The first-order chi connectivity index (χ1) is 21.4. The fourth-order valence-electron chi connectivity index (χ4n) is 7.05. The molecule has 0 saturated heterocycles. The van der Waals surface area contributed by atoms with Gasteiger partial charge < -0.3 is 0 Å². The van der Waals surface area contributed by atoms with Gasteiger partial charge in [-0.3, -0.25) is 0 Å². The number of hydrogen-bond acceptors (Lipinski definition) is 5. The topological polar surface area (TPSA) is 85.3 Å². The van der Waals surface area contributed by atoms with E-state index in [2.05, 4.69) is 122 Å². The van der Waals surface area contributed by atoms with Crippen LogP contribution in [0.3, 0.4) is 0 Å². The summed E-state index contributed by atoms with van der Waals surface area (Å²) in [5.41, 5.74) is 6.38. The van der Waals surface area contributed by atoms with Crippen molar-refractivity contribution < 1.29 is 21.0 Å². The quantitative estimate of drug-likeness (QED) is 0.120. The molecule has 0 fully saturated rings. The molecule has 0 spiro atoms. The van der Waals surface area contributed by atoms with Gasteiger partial charge in [0.05, 0.1) is 6.26 Å². The average Bonchev–Trinajstić information content (AvgIpc) is 3.59. The molecule has 5 nitrogen and oxygen atoms in total. The molecule has 0 radical (unpaired) electrons. The summed E-state index contributed by atoms with van der Waals surface area (Å²) in [5.74, 6) is 1.57. The van der Waals surface area contributed by atoms with Crippen molar-refractivity contribution in [3.05, 3.63) is 119 Å². The highest BCUT2D eigenvalue weighted by Gasteiger charge is 2.24. The second-order valence-electron chi connectivity index (χ2n) is 12.0. The van der Waals surface area contributed by atoms with Crippen LogP contribution in [0.25, 0.3) is 43.1 Å². The van der Waals surface area contributed by atoms with Crippen LogP contribution in [0.15, 0.2) is 97.1 Å². The van der Waals surface area contributed by atoms with Crippen molar-refractivity contribution in [3.8, 4) is 0 Å². The van der Waals surface area contributed by atoms with Crippen molar-refractivity contribution in [3.63, 3.8) is 0 Å². The Kier molecular flexibility index (Phi) is 9.92. The second-order valence-corrected chi connectivity index (χ2v) is 15.5. The van der Waals surface area contributed by atoms with Gasteiger partial charge in [-0.15, -0.1) is 12.6 Å². The Balaban J connectivity index is 0.000000141. The molecule has 232 valence electrons. The summed E-state index contributed by atoms with van der Waals surface area (Å²) in [6.45, 7) is 4.73. The van der Waals surface area contributed by atoms with Gasteiger partial charge in [-0.05, 0) is 103 Å². The molecule has 45 heavy (non-hydrogen) atoms. The minimum atomic E-state index is -3.19. The lowest BCUT2D eigenvalue weighted by molar-refractivity contribution is 0.559. The van der Waals surface area contributed by atoms with Crippen molar-refractivity contribution in [2.24, 2.45) is 11.8 Å². The highest BCUT2D eigenvalue weighted by molar-refractivity contribution is 8.13. The van der Waals surface area contributed by atoms with Crippen molar-refractivity contribution in [2.75, 3.05) is 6.26 Å². The fourth-order valence-corrected chi connectivity index (χ4v) is 7.05. The van der Waals surface area contributed by atoms with Crippen LogP contribution < -0.4 is 0 Å². The maximum Gasteiger partial charge on any atom is 0.425 e. The third-order valence-corrected chi connectivity index (χ3v) is 8.53. The molecule has 0 aromatic heterocycles. The van der Waals surface area contributed by atoms with Crippen molar-refractivity contribution >= 4 is 73.4 Å². The largest absolute Gasteiger partial charge is 0.425 e. The molecular formula is C37H35ClO5S2. The minimum Gasteiger partial charge on any atom is -0.213 e. The van der Waals surface area contributed by atoms with Crippen molar-refractivity contribution in [1.29, 1.82) is 0 Å². The SMILES string of the molecule is CC1Cc2c(c3ccccc3c3ccccc23)C1.CC1Cc2c(c3ccccc3c3ccccc23)C1.CS(=O)(=O)Cl.O=S(=O)=O. The van der Waals surface area contributed by atoms with E-state index >= 15 is 0 Å². The predicted octanol–water partition coefficient (Wildman–Crippen LogP) is 8.64. The molecule has 0 unspecified atom stereocenters. The normalized spacial score (nSPS) is 14.1. The van der Waals surface area contributed by atoms with Crippen LogP contribution in [0.1, 0.15) is 36.1 Å². The van der Waals surface area contributed by atoms with Gasteiger partial charge in [0, 0.05) is 10.7 Å². The Morgan fingerprint density at radius 2 is 0.644 bits per heavy atom. The molecule has 0 atom stereocenters. The Labute approximate surface area is 270 Å². The third-order valence-electron chi connectivity index (χ3n) is 8.53. The van der Waals surface area contributed by atoms with Gasteiger partial charge in [0.25, 0.3) is 0 Å². The first-order valence-electron chi connectivity index (χ1n) is 14.9. The maximum atomic E-state index is 9.40. The van der Waals surface area contributed by atoms with Crippen molar-refractivity contribution in [1.82, 2.24) is 0 Å². The zero-order valence-corrected chi connectivity index (χ0v) is 27.8. The number of hydrogen-bond donors (Lipinski definition) is 0. The molecule has 8 heteroatoms. The average molecular weight is 659 g/mol. The number of rotatable bonds is 0. The minimum absolute atomic E-state index is 0.786. The molecule has 8 rings (SSSR count). The summed E-state index contributed by atoms with van der Waals surface area (Å²) in [6, 6.07) is 35.5. The summed E-state index contributed by atoms with van der Waals surface area (Å²) in [4.78, 5) is 0. The van der Waals surface area contributed by atoms with E-state index in [0.29, 0.717) is 0 Å². The lowest BCUT2D eigenvalue weighted by atomic mass is 9.93. The van der Waals surface area contributed by atoms with Gasteiger partial charge in [0.1, 0.15) is 0 Å². The monoisotopic (exact) mass is 658 g/mol. The Morgan fingerprint density at radius 3 is 0.822 bits per heavy atom. The number of fused-ring (bicyclic) bond motifs is 12. The van der Waals surface area contributed by atoms with E-state index in [0.717, 1.165) is 18.1 Å². The molecule has 0 amide bonds. The molecule has 0 saturated carbocycles. The third kappa shape index (κ3) is 7.55. The lowest BCUT2D eigenvalue weighted by Crippen LogP contribution is -1.89. The molecule has 0 heterocycles. The Hall–Kier alpha value is -3.78. The maximum absolute atomic E-state index is 9.40. The van der Waals surface area contributed by atoms with Crippen LogP contribution >= 0.6 is 10.7 Å². The van der Waals surface area contributed by atoms with Gasteiger partial charge >= 0.3 is 10.6 Å². The molecule has 0 aliphatic heterocycles. The Bertz CT molecular complexity index is 1990. The summed E-state index contributed by atoms with van der Waals surface area (Å²) < 4.78 is 44.1. The zero-order valence-electron chi connectivity index (χ0n) is 25.5. The summed E-state index contributed by atoms with van der Waals surface area (Å²) in [6.07, 6.45) is 5.87. The van der Waals surface area contributed by atoms with E-state index in [1.807, 2.05) is 0 Å². The number of benzene rings is 6. The van der Waals surface area contributed by atoms with E-state index in [1.165, 1.54) is 68.8 Å². The van der Waals surface area contributed by atoms with Crippen LogP contribution in [-0.2, 0) is 45.3 Å². The van der Waals surface area contributed by atoms with Crippen LogP contribution in [0.2, 0.25) is 0 Å². The smallest absolute Gasteiger partial charge is 0.213 e. The first kappa shape index (κ1) is 32.6. The van der Waals surface area contributed by atoms with Crippen LogP contribution in [-0.4, -0.2) is 27.3 Å². The van der Waals surface area contributed by atoms with Gasteiger partial charge in [-0.25, -0.2) is 8.42 Å². The molecule has 0 N–H and O–H groups in total. The Morgan fingerprint density at radius 1 is 0.489 bits per heavy atom. The van der Waals surface area contributed by atoms with Gasteiger partial charge in [-0.2, -0.15) is 0 Å². The molecule has 2 aliphatic carbocycles. The second kappa shape index (κ2) is 13.7. The van der Waals surface area contributed by atoms with Crippen LogP contribution in [0, 0.1) is 11.8 Å². The van der Waals surface area contributed by atoms with E-state index in [-0.39, 0.29) is 0 Å². The molecule has 6 aromatic carbocycles. The van der Waals surface area contributed by atoms with Crippen molar-refractivity contribution in [2.45, 2.75) is 39.5 Å². The summed E-state index contributed by atoms with van der Waals surface area (Å²) in [5, 5.41) is 11.5. The van der Waals surface area contributed by atoms with E-state index < -0.39 is 19.7 Å². The summed E-state index contributed by atoms with van der Waals surface area (Å²) >= 11 is 0. The van der Waals surface area contributed by atoms with Crippen LogP contribution in [0.4, 0.5) is 0 Å². The highest BCUT2D eigenvalue weighted by atomic mass is 35.7. The van der Waals surface area contributed by atoms with E-state index in [9.17, 15) is 8.42 Å². The molecule has 0 bridgehead atoms. The molecule has 6 aromatic rings. The highest BCUT2D eigenvalue weighted by Crippen LogP contribution is 2.40. The van der Waals surface area contributed by atoms with E-state index in [4.69, 9.17) is 12.6 Å². The van der Waals surface area contributed by atoms with E-state index in [1.54, 1.807) is 22.3 Å². The lowest BCUT2D eigenvalue weighted by Gasteiger charge is -2.11. The van der Waals surface area contributed by atoms with Gasteiger partial charge in [-0.1, -0.05) is 111 Å². The zero-order chi connectivity index (χ0) is 32.3. The molecule has 2 aliphatic rings. The standard InChI is InChI=1S/2C18H16.CH3ClO2S.O3S/c2*1-12-10-17-15-8-4-2-6-13(15)14-7-3-5-9-16(14)18(17)11-12;1-5(2,3)4;1-4(2)3/h2*2-9,12H,10-11H2,1H3;1H3;. The van der Waals surface area contributed by atoms with Gasteiger partial charge in [0.2, 0.25) is 9.05 Å². The molecular weight excluding hydrogens is 624 g/mol. The van der Waals surface area contributed by atoms with Crippen LogP contribution in [0.5, 0.6) is 0 Å². The first-order valence-corrected chi connectivity index (χ1v) is 18.6. The summed E-state index contributed by atoms with van der Waals surface area (Å²) in [7, 11) is -1.80. The fraction of sp³-hybridized carbons (Fsp3) is 0.243. The number of halogens is 1. The van der Waals surface area contributed by atoms with Gasteiger partial charge in [0.15, 0.2) is 0 Å².